The molecule has 4 atom stereocenters. The van der Waals surface area contributed by atoms with Crippen molar-refractivity contribution in [1.82, 2.24) is 19.5 Å². The van der Waals surface area contributed by atoms with Crippen LogP contribution < -0.4 is 0 Å². The van der Waals surface area contributed by atoms with Gasteiger partial charge in [0.05, 0.1) is 12.9 Å². The SMILES string of the molecule is CSc1ncnc2c1ncn2[C@@H]1O[C@H](COC(c2ccccc2)(c2ccccc2)c2ccccc2)[C@@H](OS(=O)(=O)C(F)(F)F)[C@H]1OC(c1ccccc1)(c1ccccc1)c1ccccc1. The minimum absolute atomic E-state index is 0.263. The molecule has 65 heavy (non-hydrogen) atoms. The van der Waals surface area contributed by atoms with E-state index in [1.807, 2.05) is 188 Å². The highest BCUT2D eigenvalue weighted by atomic mass is 32.2. The average Bonchev–Trinajstić information content (AvgIpc) is 3.93. The molecule has 1 saturated heterocycles. The Hall–Kier alpha value is -6.20. The van der Waals surface area contributed by atoms with Gasteiger partial charge >= 0.3 is 15.6 Å². The van der Waals surface area contributed by atoms with E-state index >= 15 is 0 Å². The minimum Gasteiger partial charge on any atom is -0.358 e. The number of rotatable bonds is 15. The van der Waals surface area contributed by atoms with Crippen LogP contribution in [0.3, 0.4) is 0 Å². The molecule has 15 heteroatoms. The zero-order valence-electron chi connectivity index (χ0n) is 34.7. The third kappa shape index (κ3) is 8.24. The molecule has 6 aromatic carbocycles. The van der Waals surface area contributed by atoms with Crippen molar-refractivity contribution in [1.29, 1.82) is 0 Å². The van der Waals surface area contributed by atoms with Gasteiger partial charge in [0.1, 0.15) is 46.4 Å². The van der Waals surface area contributed by atoms with E-state index in [-0.39, 0.29) is 5.65 Å². The molecular formula is C50H41F3N4O6S2. The monoisotopic (exact) mass is 914 g/mol. The molecule has 1 fully saturated rings. The smallest absolute Gasteiger partial charge is 0.358 e. The molecular weight excluding hydrogens is 874 g/mol. The molecule has 1 aliphatic rings. The molecule has 0 N–H and O–H groups in total. The van der Waals surface area contributed by atoms with Crippen molar-refractivity contribution in [2.24, 2.45) is 0 Å². The molecule has 2 aromatic heterocycles. The lowest BCUT2D eigenvalue weighted by Crippen LogP contribution is -2.48. The third-order valence-electron chi connectivity index (χ3n) is 11.5. The fourth-order valence-electron chi connectivity index (χ4n) is 8.58. The van der Waals surface area contributed by atoms with Gasteiger partial charge in [0.25, 0.3) is 0 Å². The highest BCUT2D eigenvalue weighted by Crippen LogP contribution is 2.49. The van der Waals surface area contributed by atoms with Crippen molar-refractivity contribution < 1.29 is 40.0 Å². The lowest BCUT2D eigenvalue weighted by molar-refractivity contribution is -0.122. The number of hydrogen-bond acceptors (Lipinski definition) is 10. The lowest BCUT2D eigenvalue weighted by atomic mass is 9.79. The van der Waals surface area contributed by atoms with Gasteiger partial charge in [0.15, 0.2) is 11.9 Å². The minimum atomic E-state index is -6.32. The van der Waals surface area contributed by atoms with E-state index in [2.05, 4.69) is 15.0 Å². The molecule has 330 valence electrons. The van der Waals surface area contributed by atoms with E-state index in [0.29, 0.717) is 43.9 Å². The number of alkyl halides is 3. The second kappa shape index (κ2) is 18.4. The first-order valence-electron chi connectivity index (χ1n) is 20.6. The van der Waals surface area contributed by atoms with Crippen molar-refractivity contribution in [3.05, 3.63) is 228 Å². The summed E-state index contributed by atoms with van der Waals surface area (Å²) in [5, 5.41) is 0.530. The molecule has 0 aliphatic carbocycles. The maximum Gasteiger partial charge on any atom is 0.523 e. The van der Waals surface area contributed by atoms with Gasteiger partial charge in [-0.2, -0.15) is 21.6 Å². The van der Waals surface area contributed by atoms with Gasteiger partial charge < -0.3 is 14.2 Å². The van der Waals surface area contributed by atoms with E-state index in [0.717, 1.165) is 0 Å². The van der Waals surface area contributed by atoms with Crippen LogP contribution in [0.4, 0.5) is 13.2 Å². The summed E-state index contributed by atoms with van der Waals surface area (Å²) < 4.78 is 99.6. The Morgan fingerprint density at radius 1 is 0.600 bits per heavy atom. The summed E-state index contributed by atoms with van der Waals surface area (Å²) in [4.78, 5) is 13.5. The average molecular weight is 915 g/mol. The zero-order chi connectivity index (χ0) is 45.1. The molecule has 0 spiro atoms. The Morgan fingerprint density at radius 2 is 1.02 bits per heavy atom. The van der Waals surface area contributed by atoms with Crippen molar-refractivity contribution in [3.63, 3.8) is 0 Å². The lowest BCUT2D eigenvalue weighted by Gasteiger charge is -2.40. The van der Waals surface area contributed by atoms with Gasteiger partial charge in [-0.25, -0.2) is 15.0 Å². The molecule has 0 saturated carbocycles. The summed E-state index contributed by atoms with van der Waals surface area (Å²) in [6.45, 7) is -0.500. The molecule has 0 radical (unpaired) electrons. The number of aromatic nitrogens is 4. The van der Waals surface area contributed by atoms with E-state index in [4.69, 9.17) is 18.4 Å². The zero-order valence-corrected chi connectivity index (χ0v) is 36.3. The largest absolute Gasteiger partial charge is 0.523 e. The van der Waals surface area contributed by atoms with Crippen LogP contribution in [-0.2, 0) is 39.7 Å². The molecule has 0 bridgehead atoms. The van der Waals surface area contributed by atoms with Gasteiger partial charge in [0.2, 0.25) is 0 Å². The van der Waals surface area contributed by atoms with E-state index < -0.39 is 58.0 Å². The first-order valence-corrected chi connectivity index (χ1v) is 23.2. The molecule has 9 rings (SSSR count). The van der Waals surface area contributed by atoms with Crippen LogP contribution in [0.2, 0.25) is 0 Å². The quantitative estimate of drug-likeness (QED) is 0.0324. The number of fused-ring (bicyclic) bond motifs is 1. The van der Waals surface area contributed by atoms with Crippen LogP contribution in [0.1, 0.15) is 39.6 Å². The van der Waals surface area contributed by atoms with Crippen molar-refractivity contribution in [3.8, 4) is 0 Å². The number of imidazole rings is 1. The number of benzene rings is 6. The normalized spacial score (nSPS) is 18.2. The first kappa shape index (κ1) is 44.0. The summed E-state index contributed by atoms with van der Waals surface area (Å²) in [7, 11) is -6.32. The maximum absolute atomic E-state index is 14.7. The Labute approximate surface area is 378 Å². The summed E-state index contributed by atoms with van der Waals surface area (Å²) in [5.41, 5.74) is -4.31. The van der Waals surface area contributed by atoms with Crippen LogP contribution in [0.15, 0.2) is 200 Å². The maximum atomic E-state index is 14.7. The summed E-state index contributed by atoms with van der Waals surface area (Å²) in [5.74, 6) is 0. The third-order valence-corrected chi connectivity index (χ3v) is 13.2. The molecule has 10 nitrogen and oxygen atoms in total. The molecule has 1 aliphatic heterocycles. The van der Waals surface area contributed by atoms with Crippen molar-refractivity contribution in [2.45, 2.75) is 46.3 Å². The van der Waals surface area contributed by atoms with E-state index in [1.54, 1.807) is 0 Å². The van der Waals surface area contributed by atoms with E-state index in [1.165, 1.54) is 29.0 Å². The van der Waals surface area contributed by atoms with Crippen molar-refractivity contribution in [2.75, 3.05) is 12.9 Å². The van der Waals surface area contributed by atoms with Gasteiger partial charge in [-0.15, -0.1) is 11.8 Å². The van der Waals surface area contributed by atoms with Gasteiger partial charge in [-0.3, -0.25) is 8.75 Å². The van der Waals surface area contributed by atoms with Crippen LogP contribution in [-0.4, -0.2) is 64.6 Å². The van der Waals surface area contributed by atoms with Gasteiger partial charge in [-0.05, 0) is 39.6 Å². The molecule has 8 aromatic rings. The molecule has 0 unspecified atom stereocenters. The number of ether oxygens (including phenoxy) is 3. The Balaban J connectivity index is 1.28. The van der Waals surface area contributed by atoms with Crippen LogP contribution in [0, 0.1) is 0 Å². The summed E-state index contributed by atoms with van der Waals surface area (Å²) in [6.07, 6.45) is -2.01. The van der Waals surface area contributed by atoms with E-state index in [9.17, 15) is 21.6 Å². The Morgan fingerprint density at radius 3 is 1.42 bits per heavy atom. The fraction of sp³-hybridized carbons (Fsp3) is 0.180. The van der Waals surface area contributed by atoms with Crippen LogP contribution in [0.25, 0.3) is 11.2 Å². The van der Waals surface area contributed by atoms with Crippen LogP contribution >= 0.6 is 11.8 Å². The van der Waals surface area contributed by atoms with Crippen molar-refractivity contribution >= 4 is 33.0 Å². The van der Waals surface area contributed by atoms with Gasteiger partial charge in [-0.1, -0.05) is 182 Å². The number of nitrogens with zero attached hydrogens (tertiary/aromatic N) is 4. The Kier molecular flexibility index (Phi) is 12.4. The molecule has 3 heterocycles. The Bertz CT molecular complexity index is 2750. The molecule has 0 amide bonds. The summed E-state index contributed by atoms with van der Waals surface area (Å²) >= 11 is 1.33. The second-order valence-electron chi connectivity index (χ2n) is 15.2. The predicted octanol–water partition coefficient (Wildman–Crippen LogP) is 10.1. The topological polar surface area (TPSA) is 115 Å². The fourth-order valence-corrected chi connectivity index (χ4v) is 9.70. The predicted molar refractivity (Wildman–Crippen MR) is 240 cm³/mol. The number of thioether (sulfide) groups is 1. The highest BCUT2D eigenvalue weighted by Gasteiger charge is 2.58. The highest BCUT2D eigenvalue weighted by molar-refractivity contribution is 7.98. The summed E-state index contributed by atoms with van der Waals surface area (Å²) in [6, 6.07) is 55.5. The second-order valence-corrected chi connectivity index (χ2v) is 17.5. The number of hydrogen-bond donors (Lipinski definition) is 0. The van der Waals surface area contributed by atoms with Crippen LogP contribution in [0.5, 0.6) is 0 Å². The first-order chi connectivity index (χ1) is 31.6. The number of halogens is 3. The standard InChI is InChI=1S/C50H41F3N4O6S2/c1-64-46-42-45(54-33-55-46)57(34-56-42)47-44(62-49(38-26-14-5-15-27-38,39-28-16-6-17-29-39)40-30-18-7-19-31-40)43(63-65(58,59)50(51,52)53)41(61-47)32-60-48(35-20-8-2-9-21-35,36-22-10-3-11-23-36)37-24-12-4-13-25-37/h2-31,33-34,41,43-44,47H,32H2,1H3/t41-,43-,44-,47-/m1/s1. The van der Waals surface area contributed by atoms with Gasteiger partial charge in [0, 0.05) is 0 Å².